The first-order valence-electron chi connectivity index (χ1n) is 6.82. The summed E-state index contributed by atoms with van der Waals surface area (Å²) in [5.41, 5.74) is 4.26. The topological polar surface area (TPSA) is 50.7 Å². The van der Waals surface area contributed by atoms with Gasteiger partial charge in [0.2, 0.25) is 0 Å². The molecule has 1 N–H and O–H groups in total. The minimum absolute atomic E-state index is 0.188. The maximum atomic E-state index is 11.8. The highest BCUT2D eigenvalue weighted by atomic mass is 32.1. The van der Waals surface area contributed by atoms with E-state index >= 15 is 0 Å². The summed E-state index contributed by atoms with van der Waals surface area (Å²) in [7, 11) is 0. The second kappa shape index (κ2) is 7.59. The Morgan fingerprint density at radius 3 is 2.67 bits per heavy atom. The van der Waals surface area contributed by atoms with E-state index < -0.39 is 0 Å². The molecule has 0 spiro atoms. The number of hydrazone groups is 1. The zero-order chi connectivity index (χ0) is 15.1. The van der Waals surface area contributed by atoms with Gasteiger partial charge in [0.25, 0.3) is 5.91 Å². The van der Waals surface area contributed by atoms with Crippen molar-refractivity contribution in [1.82, 2.24) is 5.43 Å². The third-order valence-corrected chi connectivity index (χ3v) is 3.68. The predicted octanol–water partition coefficient (Wildman–Crippen LogP) is 3.69. The molecule has 2 rings (SSSR count). The molecule has 5 heteroatoms. The van der Waals surface area contributed by atoms with E-state index in [0.29, 0.717) is 11.5 Å². The van der Waals surface area contributed by atoms with Crippen molar-refractivity contribution < 1.29 is 9.53 Å². The molecule has 0 fully saturated rings. The summed E-state index contributed by atoms with van der Waals surface area (Å²) in [6.45, 7) is 4.64. The van der Waals surface area contributed by atoms with E-state index in [1.54, 1.807) is 6.07 Å². The van der Waals surface area contributed by atoms with Crippen LogP contribution in [0.15, 0.2) is 46.9 Å². The Kier molecular flexibility index (Phi) is 5.51. The van der Waals surface area contributed by atoms with E-state index in [-0.39, 0.29) is 5.91 Å². The number of hydrogen-bond acceptors (Lipinski definition) is 4. The first-order valence-corrected chi connectivity index (χ1v) is 7.70. The predicted molar refractivity (Wildman–Crippen MR) is 86.2 cm³/mol. The van der Waals surface area contributed by atoms with Crippen molar-refractivity contribution in [3.63, 3.8) is 0 Å². The van der Waals surface area contributed by atoms with Crippen molar-refractivity contribution in [2.75, 3.05) is 6.61 Å². The Morgan fingerprint density at radius 1 is 1.29 bits per heavy atom. The highest BCUT2D eigenvalue weighted by molar-refractivity contribution is 7.12. The second-order valence-electron chi connectivity index (χ2n) is 4.49. The van der Waals surface area contributed by atoms with Crippen LogP contribution in [0.4, 0.5) is 0 Å². The molecule has 1 heterocycles. The number of rotatable bonds is 6. The Bertz CT molecular complexity index is 604. The molecule has 0 aliphatic rings. The SMILES string of the molecule is CCCOc1ccc(/C(C)=N\NC(=O)c2cccs2)cc1. The van der Waals surface area contributed by atoms with Crippen LogP contribution in [0.2, 0.25) is 0 Å². The minimum Gasteiger partial charge on any atom is -0.494 e. The summed E-state index contributed by atoms with van der Waals surface area (Å²) in [6, 6.07) is 11.3. The van der Waals surface area contributed by atoms with E-state index in [9.17, 15) is 4.79 Å². The van der Waals surface area contributed by atoms with Crippen LogP contribution in [0, 0.1) is 0 Å². The first-order chi connectivity index (χ1) is 10.2. The van der Waals surface area contributed by atoms with Gasteiger partial charge < -0.3 is 4.74 Å². The highest BCUT2D eigenvalue weighted by Crippen LogP contribution is 2.13. The molecule has 21 heavy (non-hydrogen) atoms. The Hall–Kier alpha value is -2.14. The van der Waals surface area contributed by atoms with Crippen LogP contribution in [-0.4, -0.2) is 18.2 Å². The third kappa shape index (κ3) is 4.43. The third-order valence-electron chi connectivity index (χ3n) is 2.82. The monoisotopic (exact) mass is 302 g/mol. The van der Waals surface area contributed by atoms with Crippen molar-refractivity contribution in [2.24, 2.45) is 5.10 Å². The number of nitrogens with zero attached hydrogens (tertiary/aromatic N) is 1. The number of carbonyl (C=O) groups is 1. The average Bonchev–Trinajstić information content (AvgIpc) is 3.05. The zero-order valence-electron chi connectivity index (χ0n) is 12.1. The minimum atomic E-state index is -0.188. The number of benzene rings is 1. The Balaban J connectivity index is 1.97. The van der Waals surface area contributed by atoms with Crippen LogP contribution < -0.4 is 10.2 Å². The van der Waals surface area contributed by atoms with Gasteiger partial charge >= 0.3 is 0 Å². The number of nitrogens with one attached hydrogen (secondary N) is 1. The van der Waals surface area contributed by atoms with Crippen LogP contribution in [-0.2, 0) is 0 Å². The van der Waals surface area contributed by atoms with Crippen molar-refractivity contribution in [3.8, 4) is 5.75 Å². The lowest BCUT2D eigenvalue weighted by molar-refractivity contribution is 0.0959. The largest absolute Gasteiger partial charge is 0.494 e. The summed E-state index contributed by atoms with van der Waals surface area (Å²) in [5.74, 6) is 0.656. The lowest BCUT2D eigenvalue weighted by atomic mass is 10.1. The molecule has 1 aromatic heterocycles. The lowest BCUT2D eigenvalue weighted by Gasteiger charge is -2.06. The van der Waals surface area contributed by atoms with Crippen LogP contribution in [0.25, 0.3) is 0 Å². The van der Waals surface area contributed by atoms with Gasteiger partial charge in [-0.2, -0.15) is 5.10 Å². The number of carbonyl (C=O) groups excluding carboxylic acids is 1. The molecule has 0 radical (unpaired) electrons. The number of thiophene rings is 1. The van der Waals surface area contributed by atoms with Gasteiger partial charge in [-0.1, -0.05) is 13.0 Å². The van der Waals surface area contributed by atoms with Gasteiger partial charge in [-0.05, 0) is 54.6 Å². The molecule has 0 aliphatic carbocycles. The molecule has 0 bridgehead atoms. The lowest BCUT2D eigenvalue weighted by Crippen LogP contribution is -2.18. The maximum absolute atomic E-state index is 11.8. The maximum Gasteiger partial charge on any atom is 0.281 e. The average molecular weight is 302 g/mol. The van der Waals surface area contributed by atoms with Crippen molar-refractivity contribution in [2.45, 2.75) is 20.3 Å². The van der Waals surface area contributed by atoms with Gasteiger partial charge in [0.05, 0.1) is 17.2 Å². The summed E-state index contributed by atoms with van der Waals surface area (Å²) >= 11 is 1.39. The molecule has 1 aromatic carbocycles. The normalized spacial score (nSPS) is 11.2. The van der Waals surface area contributed by atoms with E-state index in [1.807, 2.05) is 42.6 Å². The second-order valence-corrected chi connectivity index (χ2v) is 5.44. The van der Waals surface area contributed by atoms with Gasteiger partial charge in [0.15, 0.2) is 0 Å². The summed E-state index contributed by atoms with van der Waals surface area (Å²) < 4.78 is 5.53. The molecule has 0 unspecified atom stereocenters. The standard InChI is InChI=1S/C16H18N2O2S/c1-3-10-20-14-8-6-13(7-9-14)12(2)17-18-16(19)15-5-4-11-21-15/h4-9,11H,3,10H2,1-2H3,(H,18,19)/b17-12-. The Morgan fingerprint density at radius 2 is 2.05 bits per heavy atom. The van der Waals surface area contributed by atoms with E-state index in [2.05, 4.69) is 17.5 Å². The van der Waals surface area contributed by atoms with Crippen molar-refractivity contribution in [3.05, 3.63) is 52.2 Å². The molecule has 0 saturated carbocycles. The van der Waals surface area contributed by atoms with E-state index in [1.165, 1.54) is 11.3 Å². The van der Waals surface area contributed by atoms with Gasteiger partial charge in [-0.25, -0.2) is 5.43 Å². The fourth-order valence-corrected chi connectivity index (χ4v) is 2.29. The van der Waals surface area contributed by atoms with Crippen LogP contribution in [0.5, 0.6) is 5.75 Å². The van der Waals surface area contributed by atoms with E-state index in [0.717, 1.165) is 23.4 Å². The van der Waals surface area contributed by atoms with Gasteiger partial charge in [0, 0.05) is 0 Å². The highest BCUT2D eigenvalue weighted by Gasteiger charge is 2.05. The molecular weight excluding hydrogens is 284 g/mol. The molecule has 110 valence electrons. The van der Waals surface area contributed by atoms with Crippen molar-refractivity contribution in [1.29, 1.82) is 0 Å². The molecule has 0 atom stereocenters. The molecule has 1 amide bonds. The van der Waals surface area contributed by atoms with Gasteiger partial charge in [-0.3, -0.25) is 4.79 Å². The van der Waals surface area contributed by atoms with Crippen LogP contribution in [0.3, 0.4) is 0 Å². The van der Waals surface area contributed by atoms with Gasteiger partial charge in [0.1, 0.15) is 5.75 Å². The van der Waals surface area contributed by atoms with Crippen LogP contribution >= 0.6 is 11.3 Å². The Labute approximate surface area is 128 Å². The molecule has 0 aliphatic heterocycles. The molecule has 0 saturated heterocycles. The number of ether oxygens (including phenoxy) is 1. The first kappa shape index (κ1) is 15.3. The summed E-state index contributed by atoms with van der Waals surface area (Å²) in [6.07, 6.45) is 0.983. The fraction of sp³-hybridized carbons (Fsp3) is 0.250. The summed E-state index contributed by atoms with van der Waals surface area (Å²) in [4.78, 5) is 12.4. The number of hydrogen-bond donors (Lipinski definition) is 1. The van der Waals surface area contributed by atoms with Crippen molar-refractivity contribution >= 4 is 23.0 Å². The quantitative estimate of drug-likeness (QED) is 0.653. The van der Waals surface area contributed by atoms with Gasteiger partial charge in [-0.15, -0.1) is 11.3 Å². The van der Waals surface area contributed by atoms with E-state index in [4.69, 9.17) is 4.74 Å². The zero-order valence-corrected chi connectivity index (χ0v) is 12.9. The van der Waals surface area contributed by atoms with Crippen LogP contribution in [0.1, 0.15) is 35.5 Å². The summed E-state index contributed by atoms with van der Waals surface area (Å²) in [5, 5.41) is 5.99. The molecular formula is C16H18N2O2S. The smallest absolute Gasteiger partial charge is 0.281 e. The molecule has 2 aromatic rings. The number of amides is 1. The fourth-order valence-electron chi connectivity index (χ4n) is 1.67. The molecule has 4 nitrogen and oxygen atoms in total.